The van der Waals surface area contributed by atoms with Gasteiger partial charge in [-0.2, -0.15) is 5.26 Å². The number of anilines is 1. The maximum absolute atomic E-state index is 13.2. The van der Waals surface area contributed by atoms with Gasteiger partial charge in [-0.3, -0.25) is 13.9 Å². The van der Waals surface area contributed by atoms with E-state index in [4.69, 9.17) is 5.73 Å². The van der Waals surface area contributed by atoms with Crippen LogP contribution in [-0.2, 0) is 13.6 Å². The number of fused-ring (bicyclic) bond motifs is 1. The Labute approximate surface area is 180 Å². The second kappa shape index (κ2) is 8.28. The molecule has 3 aromatic rings. The van der Waals surface area contributed by atoms with Crippen molar-refractivity contribution in [3.63, 3.8) is 0 Å². The molecule has 1 aliphatic rings. The Morgan fingerprint density at radius 3 is 2.81 bits per heavy atom. The monoisotopic (exact) mass is 418 g/mol. The molecule has 1 aliphatic heterocycles. The number of hydrogen-bond donors (Lipinski definition) is 2. The number of nitriles is 1. The molecule has 1 amide bonds. The molecule has 160 valence electrons. The molecule has 2 heterocycles. The third-order valence-corrected chi connectivity index (χ3v) is 5.97. The van der Waals surface area contributed by atoms with E-state index in [1.165, 1.54) is 0 Å². The van der Waals surface area contributed by atoms with Gasteiger partial charge in [0.15, 0.2) is 0 Å². The highest BCUT2D eigenvalue weighted by atomic mass is 16.2. The Hall–Kier alpha value is -3.57. The number of aryl methyl sites for hydroxylation is 1. The first-order valence-electron chi connectivity index (χ1n) is 10.4. The molecule has 1 fully saturated rings. The van der Waals surface area contributed by atoms with Crippen LogP contribution in [-0.4, -0.2) is 41.2 Å². The number of piperidine rings is 1. The van der Waals surface area contributed by atoms with Crippen LogP contribution in [0, 0.1) is 11.3 Å². The average molecular weight is 419 g/mol. The van der Waals surface area contributed by atoms with Gasteiger partial charge in [0.25, 0.3) is 5.91 Å². The molecular formula is C23H26N6O2. The maximum atomic E-state index is 13.2. The summed E-state index contributed by atoms with van der Waals surface area (Å²) >= 11 is 0. The lowest BCUT2D eigenvalue weighted by Crippen LogP contribution is -2.43. The Kier molecular flexibility index (Phi) is 5.53. The zero-order chi connectivity index (χ0) is 22.1. The molecule has 0 aliphatic carbocycles. The number of hydrogen-bond acceptors (Lipinski definition) is 5. The molecule has 0 unspecified atom stereocenters. The summed E-state index contributed by atoms with van der Waals surface area (Å²) < 4.78 is 3.25. The highest BCUT2D eigenvalue weighted by molar-refractivity contribution is 6.01. The van der Waals surface area contributed by atoms with Crippen LogP contribution < -0.4 is 21.6 Å². The minimum absolute atomic E-state index is 0.0376. The zero-order valence-corrected chi connectivity index (χ0v) is 17.8. The van der Waals surface area contributed by atoms with Crippen LogP contribution in [0.25, 0.3) is 11.0 Å². The maximum Gasteiger partial charge on any atom is 0.329 e. The molecule has 4 rings (SSSR count). The van der Waals surface area contributed by atoms with Gasteiger partial charge in [0.05, 0.1) is 34.9 Å². The molecule has 8 nitrogen and oxygen atoms in total. The van der Waals surface area contributed by atoms with Crippen LogP contribution in [0.5, 0.6) is 0 Å². The van der Waals surface area contributed by atoms with Gasteiger partial charge in [0.1, 0.15) is 0 Å². The lowest BCUT2D eigenvalue weighted by Gasteiger charge is -2.33. The number of nitrogens with zero attached hydrogens (tertiary/aromatic N) is 4. The van der Waals surface area contributed by atoms with Gasteiger partial charge in [0, 0.05) is 38.8 Å². The third kappa shape index (κ3) is 3.68. The van der Waals surface area contributed by atoms with Crippen molar-refractivity contribution in [2.45, 2.75) is 25.4 Å². The SMILES string of the molecule is CNC(=O)c1cc(N2CCC[C@@H](N)C2)c2c(c1)n(C)c(=O)n2Cc1ccccc1C#N. The standard InChI is InChI=1S/C23H26N6O2/c1-26-22(30)17-10-19-21(20(11-17)28-9-5-8-18(25)14-28)29(23(31)27(19)2)13-16-7-4-3-6-15(16)12-24/h3-4,6-7,10-11,18H,5,8-9,13-14,25H2,1-2H3,(H,26,30)/t18-/m1/s1. The molecule has 0 spiro atoms. The summed E-state index contributed by atoms with van der Waals surface area (Å²) in [6, 6.07) is 13.1. The van der Waals surface area contributed by atoms with Crippen LogP contribution in [0.4, 0.5) is 5.69 Å². The van der Waals surface area contributed by atoms with Crippen LogP contribution in [0.1, 0.15) is 34.3 Å². The molecule has 2 aromatic carbocycles. The van der Waals surface area contributed by atoms with Gasteiger partial charge in [-0.25, -0.2) is 4.79 Å². The van der Waals surface area contributed by atoms with E-state index in [1.807, 2.05) is 24.3 Å². The normalized spacial score (nSPS) is 16.3. The van der Waals surface area contributed by atoms with Crippen LogP contribution in [0.15, 0.2) is 41.2 Å². The summed E-state index contributed by atoms with van der Waals surface area (Å²) in [6.45, 7) is 1.73. The van der Waals surface area contributed by atoms with Gasteiger partial charge in [0.2, 0.25) is 0 Å². The molecule has 31 heavy (non-hydrogen) atoms. The quantitative estimate of drug-likeness (QED) is 0.668. The third-order valence-electron chi connectivity index (χ3n) is 5.97. The molecule has 8 heteroatoms. The molecule has 3 N–H and O–H groups in total. The fourth-order valence-corrected chi connectivity index (χ4v) is 4.35. The van der Waals surface area contributed by atoms with Crippen molar-refractivity contribution in [1.29, 1.82) is 5.26 Å². The molecule has 0 radical (unpaired) electrons. The number of imidazole rings is 1. The summed E-state index contributed by atoms with van der Waals surface area (Å²) in [4.78, 5) is 27.9. The number of aromatic nitrogens is 2. The highest BCUT2D eigenvalue weighted by Gasteiger charge is 2.25. The highest BCUT2D eigenvalue weighted by Crippen LogP contribution is 2.31. The predicted octanol–water partition coefficient (Wildman–Crippen LogP) is 1.55. The van der Waals surface area contributed by atoms with Crippen molar-refractivity contribution in [3.8, 4) is 6.07 Å². The fourth-order valence-electron chi connectivity index (χ4n) is 4.35. The summed E-state index contributed by atoms with van der Waals surface area (Å²) in [7, 11) is 3.29. The topological polar surface area (TPSA) is 109 Å². The molecule has 1 saturated heterocycles. The van der Waals surface area contributed by atoms with Crippen LogP contribution >= 0.6 is 0 Å². The van der Waals surface area contributed by atoms with Crippen molar-refractivity contribution in [2.24, 2.45) is 12.8 Å². The first kappa shape index (κ1) is 20.7. The van der Waals surface area contributed by atoms with Gasteiger partial charge in [-0.1, -0.05) is 18.2 Å². The van der Waals surface area contributed by atoms with E-state index >= 15 is 0 Å². The fraction of sp³-hybridized carbons (Fsp3) is 0.348. The van der Waals surface area contributed by atoms with Crippen molar-refractivity contribution in [2.75, 3.05) is 25.0 Å². The first-order chi connectivity index (χ1) is 14.9. The summed E-state index contributed by atoms with van der Waals surface area (Å²) in [5.74, 6) is -0.209. The zero-order valence-electron chi connectivity index (χ0n) is 17.8. The second-order valence-corrected chi connectivity index (χ2v) is 7.99. The number of benzene rings is 2. The Bertz CT molecular complexity index is 1250. The minimum atomic E-state index is -0.209. The molecule has 1 atom stereocenters. The van der Waals surface area contributed by atoms with Gasteiger partial charge in [-0.15, -0.1) is 0 Å². The smallest absolute Gasteiger partial charge is 0.329 e. The van der Waals surface area contributed by atoms with Gasteiger partial charge >= 0.3 is 5.69 Å². The van der Waals surface area contributed by atoms with Crippen LogP contribution in [0.2, 0.25) is 0 Å². The lowest BCUT2D eigenvalue weighted by atomic mass is 10.0. The number of nitrogens with one attached hydrogen (secondary N) is 1. The van der Waals surface area contributed by atoms with E-state index in [1.54, 1.807) is 35.4 Å². The Morgan fingerprint density at radius 1 is 1.32 bits per heavy atom. The van der Waals surface area contributed by atoms with E-state index in [0.717, 1.165) is 36.2 Å². The summed E-state index contributed by atoms with van der Waals surface area (Å²) in [6.07, 6.45) is 1.90. The molecular weight excluding hydrogens is 392 g/mol. The largest absolute Gasteiger partial charge is 0.368 e. The molecule has 0 saturated carbocycles. The van der Waals surface area contributed by atoms with Crippen molar-refractivity contribution in [3.05, 3.63) is 63.6 Å². The number of carbonyl (C=O) groups excluding carboxylic acids is 1. The van der Waals surface area contributed by atoms with Gasteiger partial charge < -0.3 is 16.0 Å². The summed E-state index contributed by atoms with van der Waals surface area (Å²) in [5, 5.41) is 12.2. The summed E-state index contributed by atoms with van der Waals surface area (Å²) in [5.41, 5.74) is 10.1. The number of nitrogens with two attached hydrogens (primary N) is 1. The van der Waals surface area contributed by atoms with E-state index in [9.17, 15) is 14.9 Å². The van der Waals surface area contributed by atoms with Gasteiger partial charge in [-0.05, 0) is 36.6 Å². The molecule has 0 bridgehead atoms. The molecule has 1 aromatic heterocycles. The second-order valence-electron chi connectivity index (χ2n) is 7.99. The van der Waals surface area contributed by atoms with Crippen LogP contribution in [0.3, 0.4) is 0 Å². The number of rotatable bonds is 4. The van der Waals surface area contributed by atoms with E-state index in [0.29, 0.717) is 23.2 Å². The lowest BCUT2D eigenvalue weighted by molar-refractivity contribution is 0.0963. The predicted molar refractivity (Wildman–Crippen MR) is 120 cm³/mol. The number of carbonyl (C=O) groups is 1. The van der Waals surface area contributed by atoms with Crippen molar-refractivity contribution >= 4 is 22.6 Å². The van der Waals surface area contributed by atoms with Crippen molar-refractivity contribution < 1.29 is 4.79 Å². The number of amides is 1. The first-order valence-corrected chi connectivity index (χ1v) is 10.4. The average Bonchev–Trinajstić information content (AvgIpc) is 3.03. The van der Waals surface area contributed by atoms with Crippen molar-refractivity contribution in [1.82, 2.24) is 14.5 Å². The van der Waals surface area contributed by atoms with E-state index in [2.05, 4.69) is 16.3 Å². The van der Waals surface area contributed by atoms with E-state index < -0.39 is 0 Å². The Balaban J connectivity index is 1.97. The Morgan fingerprint density at radius 2 is 2.10 bits per heavy atom. The minimum Gasteiger partial charge on any atom is -0.368 e. The van der Waals surface area contributed by atoms with E-state index in [-0.39, 0.29) is 24.2 Å².